The molecule has 0 saturated heterocycles. The number of hydrogen-bond donors (Lipinski definition) is 0. The van der Waals surface area contributed by atoms with Crippen molar-refractivity contribution in [3.05, 3.63) is 11.2 Å². The Kier molecular flexibility index (Phi) is 2.48. The molecule has 0 N–H and O–H groups in total. The zero-order chi connectivity index (χ0) is 8.27. The number of ether oxygens (including phenoxy) is 2. The van der Waals surface area contributed by atoms with Crippen molar-refractivity contribution >= 4 is 11.6 Å². The minimum Gasteiger partial charge on any atom is -0.480 e. The van der Waals surface area contributed by atoms with Crippen molar-refractivity contribution in [2.24, 2.45) is 0 Å². The van der Waals surface area contributed by atoms with Crippen LogP contribution in [0.15, 0.2) is 0 Å². The highest BCUT2D eigenvalue weighted by atomic mass is 35.5. The minimum absolute atomic E-state index is 0.172. The minimum atomic E-state index is 0.172. The van der Waals surface area contributed by atoms with Crippen LogP contribution in [0.5, 0.6) is 11.9 Å². The summed E-state index contributed by atoms with van der Waals surface area (Å²) in [5, 5.41) is 0.175. The fraction of sp³-hybridized carbons (Fsp3) is 0.333. The van der Waals surface area contributed by atoms with E-state index in [1.165, 1.54) is 14.2 Å². The Hall–Kier alpha value is -1.03. The van der Waals surface area contributed by atoms with Crippen molar-refractivity contribution in [2.45, 2.75) is 0 Å². The number of methoxy groups -OCH3 is 2. The number of rotatable bonds is 2. The van der Waals surface area contributed by atoms with Crippen molar-refractivity contribution in [2.75, 3.05) is 14.2 Å². The molecular formula is C6H6ClN2O2. The lowest BCUT2D eigenvalue weighted by Gasteiger charge is -2.00. The van der Waals surface area contributed by atoms with Crippen molar-refractivity contribution in [3.63, 3.8) is 0 Å². The van der Waals surface area contributed by atoms with E-state index in [4.69, 9.17) is 21.1 Å². The second kappa shape index (κ2) is 3.39. The van der Waals surface area contributed by atoms with E-state index in [0.29, 0.717) is 0 Å². The van der Waals surface area contributed by atoms with Crippen LogP contribution in [0.25, 0.3) is 0 Å². The molecule has 4 nitrogen and oxygen atoms in total. The van der Waals surface area contributed by atoms with Gasteiger partial charge >= 0.3 is 6.01 Å². The van der Waals surface area contributed by atoms with Crippen molar-refractivity contribution in [3.8, 4) is 11.9 Å². The smallest absolute Gasteiger partial charge is 0.320 e. The van der Waals surface area contributed by atoms with Crippen LogP contribution in [0.2, 0.25) is 5.15 Å². The maximum absolute atomic E-state index is 5.54. The average molecular weight is 174 g/mol. The van der Waals surface area contributed by atoms with Crippen LogP contribution in [0.4, 0.5) is 0 Å². The van der Waals surface area contributed by atoms with Crippen LogP contribution < -0.4 is 9.47 Å². The third-order valence-corrected chi connectivity index (χ3v) is 1.16. The molecule has 5 heteroatoms. The summed E-state index contributed by atoms with van der Waals surface area (Å²) in [6, 6.07) is 2.74. The number of aromatic nitrogens is 2. The van der Waals surface area contributed by atoms with Gasteiger partial charge < -0.3 is 9.47 Å². The summed E-state index contributed by atoms with van der Waals surface area (Å²) < 4.78 is 9.50. The van der Waals surface area contributed by atoms with E-state index in [1.807, 2.05) is 0 Å². The average Bonchev–Trinajstić information content (AvgIpc) is 2.03. The second-order valence-corrected chi connectivity index (χ2v) is 1.99. The van der Waals surface area contributed by atoms with E-state index in [9.17, 15) is 0 Å². The Bertz CT molecular complexity index is 232. The van der Waals surface area contributed by atoms with Gasteiger partial charge in [0.25, 0.3) is 0 Å². The fourth-order valence-electron chi connectivity index (χ4n) is 0.528. The summed E-state index contributed by atoms with van der Waals surface area (Å²) in [5.41, 5.74) is 0. The third kappa shape index (κ3) is 1.94. The Balaban J connectivity index is 3.02. The van der Waals surface area contributed by atoms with Gasteiger partial charge in [-0.3, -0.25) is 0 Å². The van der Waals surface area contributed by atoms with Crippen molar-refractivity contribution in [1.82, 2.24) is 9.97 Å². The quantitative estimate of drug-likeness (QED) is 0.625. The molecule has 1 aromatic heterocycles. The van der Waals surface area contributed by atoms with Gasteiger partial charge in [0.15, 0.2) is 0 Å². The normalized spacial score (nSPS) is 9.36. The van der Waals surface area contributed by atoms with Gasteiger partial charge in [0.2, 0.25) is 5.88 Å². The van der Waals surface area contributed by atoms with Crippen molar-refractivity contribution in [1.29, 1.82) is 0 Å². The topological polar surface area (TPSA) is 44.2 Å². The molecule has 0 aliphatic rings. The first-order chi connectivity index (χ1) is 5.26. The molecule has 0 fully saturated rings. The Morgan fingerprint density at radius 3 is 2.55 bits per heavy atom. The molecule has 1 aromatic rings. The van der Waals surface area contributed by atoms with E-state index >= 15 is 0 Å². The van der Waals surface area contributed by atoms with Crippen LogP contribution in [-0.4, -0.2) is 24.2 Å². The molecule has 0 aliphatic heterocycles. The molecule has 0 saturated carbocycles. The SMILES string of the molecule is COc1[c]c(Cl)nc(OC)n1. The van der Waals surface area contributed by atoms with Crippen LogP contribution >= 0.6 is 11.6 Å². The summed E-state index contributed by atoms with van der Waals surface area (Å²) in [6.07, 6.45) is 0. The van der Waals surface area contributed by atoms with Gasteiger partial charge in [0, 0.05) is 0 Å². The maximum atomic E-state index is 5.54. The first kappa shape index (κ1) is 8.07. The Morgan fingerprint density at radius 1 is 1.27 bits per heavy atom. The highest BCUT2D eigenvalue weighted by Gasteiger charge is 2.02. The highest BCUT2D eigenvalue weighted by Crippen LogP contribution is 2.15. The van der Waals surface area contributed by atoms with Gasteiger partial charge in [-0.2, -0.15) is 9.97 Å². The molecule has 0 bridgehead atoms. The molecule has 0 atom stereocenters. The van der Waals surface area contributed by atoms with Crippen LogP contribution in [0.1, 0.15) is 0 Å². The molecule has 0 unspecified atom stereocenters. The molecule has 0 aromatic carbocycles. The lowest BCUT2D eigenvalue weighted by Crippen LogP contribution is -1.95. The monoisotopic (exact) mass is 173 g/mol. The first-order valence-electron chi connectivity index (χ1n) is 2.81. The maximum Gasteiger partial charge on any atom is 0.320 e. The molecule has 59 valence electrons. The predicted molar refractivity (Wildman–Crippen MR) is 39.0 cm³/mol. The molecular weight excluding hydrogens is 168 g/mol. The van der Waals surface area contributed by atoms with Gasteiger partial charge in [-0.15, -0.1) is 0 Å². The van der Waals surface area contributed by atoms with E-state index in [0.717, 1.165) is 0 Å². The van der Waals surface area contributed by atoms with Gasteiger partial charge in [0.1, 0.15) is 5.15 Å². The van der Waals surface area contributed by atoms with Crippen LogP contribution in [0, 0.1) is 6.07 Å². The standard InChI is InChI=1S/C6H6ClN2O2/c1-10-5-3-4(7)8-6(9-5)11-2/h1-2H3. The second-order valence-electron chi connectivity index (χ2n) is 1.64. The van der Waals surface area contributed by atoms with Crippen LogP contribution in [0.3, 0.4) is 0 Å². The van der Waals surface area contributed by atoms with E-state index < -0.39 is 0 Å². The van der Waals surface area contributed by atoms with Gasteiger partial charge in [-0.05, 0) is 0 Å². The summed E-state index contributed by atoms with van der Waals surface area (Å²) in [7, 11) is 2.92. The highest BCUT2D eigenvalue weighted by molar-refractivity contribution is 6.29. The van der Waals surface area contributed by atoms with E-state index in [-0.39, 0.29) is 17.0 Å². The third-order valence-electron chi connectivity index (χ3n) is 0.977. The summed E-state index contributed by atoms with van der Waals surface area (Å²) in [4.78, 5) is 7.47. The Morgan fingerprint density at radius 2 is 2.00 bits per heavy atom. The number of hydrogen-bond acceptors (Lipinski definition) is 4. The number of halogens is 1. The van der Waals surface area contributed by atoms with Gasteiger partial charge in [0.05, 0.1) is 20.3 Å². The molecule has 1 radical (unpaired) electrons. The fourth-order valence-corrected chi connectivity index (χ4v) is 0.681. The largest absolute Gasteiger partial charge is 0.480 e. The zero-order valence-corrected chi connectivity index (χ0v) is 6.84. The van der Waals surface area contributed by atoms with Crippen LogP contribution in [-0.2, 0) is 0 Å². The summed E-state index contributed by atoms with van der Waals surface area (Å²) in [6.45, 7) is 0. The zero-order valence-electron chi connectivity index (χ0n) is 6.09. The predicted octanol–water partition coefficient (Wildman–Crippen LogP) is 0.947. The molecule has 0 aliphatic carbocycles. The molecule has 1 rings (SSSR count). The van der Waals surface area contributed by atoms with Crippen molar-refractivity contribution < 1.29 is 9.47 Å². The molecule has 0 amide bonds. The van der Waals surface area contributed by atoms with Gasteiger partial charge in [-0.25, -0.2) is 0 Å². The van der Waals surface area contributed by atoms with E-state index in [2.05, 4.69) is 16.0 Å². The lowest BCUT2D eigenvalue weighted by molar-refractivity contribution is 0.351. The summed E-state index contributed by atoms with van der Waals surface area (Å²) in [5.74, 6) is 0.266. The van der Waals surface area contributed by atoms with E-state index in [1.54, 1.807) is 0 Å². The lowest BCUT2D eigenvalue weighted by atomic mass is 10.6. The first-order valence-corrected chi connectivity index (χ1v) is 3.19. The molecule has 0 spiro atoms. The van der Waals surface area contributed by atoms with Gasteiger partial charge in [-0.1, -0.05) is 11.6 Å². The number of nitrogens with zero attached hydrogens (tertiary/aromatic N) is 2. The molecule has 11 heavy (non-hydrogen) atoms. The summed E-state index contributed by atoms with van der Waals surface area (Å²) >= 11 is 5.54. The Labute approximate surface area is 69.1 Å². The molecule has 1 heterocycles.